The number of rotatable bonds is 4. The number of fused-ring (bicyclic) bond motifs is 3. The minimum atomic E-state index is -0.0670. The summed E-state index contributed by atoms with van der Waals surface area (Å²) in [6, 6.07) is 24.5. The van der Waals surface area contributed by atoms with Crippen LogP contribution in [0.15, 0.2) is 78.9 Å². The normalized spacial score (nSPS) is 15.4. The molecule has 2 amide bonds. The molecule has 1 fully saturated rings. The molecule has 0 saturated carbocycles. The standard InChI is InChI=1S/C28H26N2O2/c31-27(13-10-20-6-2-1-3-7-20)30-16-14-21(15-17-30)28(32)29-24-11-12-26-23(19-24)18-22-8-4-5-9-25(22)26/h1-13,19,21H,14-18H2,(H,29,32)/b13-10+. The topological polar surface area (TPSA) is 49.4 Å². The monoisotopic (exact) mass is 422 g/mol. The molecule has 1 heterocycles. The van der Waals surface area contributed by atoms with Crippen molar-refractivity contribution in [3.8, 4) is 11.1 Å². The highest BCUT2D eigenvalue weighted by molar-refractivity contribution is 5.94. The summed E-state index contributed by atoms with van der Waals surface area (Å²) in [7, 11) is 0. The van der Waals surface area contributed by atoms with Crippen LogP contribution >= 0.6 is 0 Å². The summed E-state index contributed by atoms with van der Waals surface area (Å²) in [6.45, 7) is 1.21. The van der Waals surface area contributed by atoms with Crippen LogP contribution in [0.25, 0.3) is 17.2 Å². The maximum atomic E-state index is 12.8. The van der Waals surface area contributed by atoms with Gasteiger partial charge in [0.2, 0.25) is 11.8 Å². The van der Waals surface area contributed by atoms with E-state index in [1.807, 2.05) is 47.4 Å². The second kappa shape index (κ2) is 8.83. The number of anilines is 1. The van der Waals surface area contributed by atoms with E-state index in [0.717, 1.165) is 17.7 Å². The van der Waals surface area contributed by atoms with Gasteiger partial charge in [-0.3, -0.25) is 9.59 Å². The van der Waals surface area contributed by atoms with Crippen LogP contribution in [0.5, 0.6) is 0 Å². The van der Waals surface area contributed by atoms with Gasteiger partial charge in [0.15, 0.2) is 0 Å². The molecule has 160 valence electrons. The van der Waals surface area contributed by atoms with Gasteiger partial charge in [0.05, 0.1) is 0 Å². The Morgan fingerprint density at radius 1 is 0.844 bits per heavy atom. The first-order valence-corrected chi connectivity index (χ1v) is 11.2. The molecule has 0 aromatic heterocycles. The zero-order chi connectivity index (χ0) is 21.9. The summed E-state index contributed by atoms with van der Waals surface area (Å²) in [5.41, 5.74) is 7.00. The number of piperidine rings is 1. The number of amides is 2. The van der Waals surface area contributed by atoms with E-state index in [1.54, 1.807) is 6.08 Å². The van der Waals surface area contributed by atoms with Crippen LogP contribution in [0, 0.1) is 5.92 Å². The van der Waals surface area contributed by atoms with E-state index in [9.17, 15) is 9.59 Å². The lowest BCUT2D eigenvalue weighted by atomic mass is 9.95. The Kier molecular flexibility index (Phi) is 5.59. The largest absolute Gasteiger partial charge is 0.339 e. The third-order valence-corrected chi connectivity index (χ3v) is 6.46. The second-order valence-corrected chi connectivity index (χ2v) is 8.54. The number of carbonyl (C=O) groups excluding carboxylic acids is 2. The molecule has 1 aliphatic carbocycles. The van der Waals surface area contributed by atoms with Crippen LogP contribution in [0.4, 0.5) is 5.69 Å². The molecule has 5 rings (SSSR count). The fraction of sp³-hybridized carbons (Fsp3) is 0.214. The lowest BCUT2D eigenvalue weighted by Gasteiger charge is -2.30. The van der Waals surface area contributed by atoms with Gasteiger partial charge in [0, 0.05) is 30.8 Å². The summed E-state index contributed by atoms with van der Waals surface area (Å²) in [5.74, 6) is -0.0131. The van der Waals surface area contributed by atoms with Gasteiger partial charge in [-0.25, -0.2) is 0 Å². The maximum Gasteiger partial charge on any atom is 0.246 e. The molecular weight excluding hydrogens is 396 g/mol. The van der Waals surface area contributed by atoms with Gasteiger partial charge in [-0.05, 0) is 65.3 Å². The minimum Gasteiger partial charge on any atom is -0.339 e. The van der Waals surface area contributed by atoms with E-state index in [0.29, 0.717) is 25.9 Å². The van der Waals surface area contributed by atoms with E-state index < -0.39 is 0 Å². The molecule has 0 spiro atoms. The molecule has 3 aromatic carbocycles. The number of benzene rings is 3. The molecule has 0 atom stereocenters. The van der Waals surface area contributed by atoms with Crippen LogP contribution < -0.4 is 5.32 Å². The Hall–Kier alpha value is -3.66. The van der Waals surface area contributed by atoms with Crippen LogP contribution in [0.3, 0.4) is 0 Å². The fourth-order valence-electron chi connectivity index (χ4n) is 4.67. The number of hydrogen-bond donors (Lipinski definition) is 1. The molecule has 0 radical (unpaired) electrons. The van der Waals surface area contributed by atoms with E-state index in [2.05, 4.69) is 41.7 Å². The van der Waals surface area contributed by atoms with Gasteiger partial charge in [-0.15, -0.1) is 0 Å². The van der Waals surface area contributed by atoms with Crippen molar-refractivity contribution >= 4 is 23.6 Å². The number of hydrogen-bond acceptors (Lipinski definition) is 2. The quantitative estimate of drug-likeness (QED) is 0.463. The first kappa shape index (κ1) is 20.3. The van der Waals surface area contributed by atoms with Crippen molar-refractivity contribution in [3.63, 3.8) is 0 Å². The Balaban J connectivity index is 1.16. The van der Waals surface area contributed by atoms with E-state index >= 15 is 0 Å². The number of likely N-dealkylation sites (tertiary alicyclic amines) is 1. The van der Waals surface area contributed by atoms with Gasteiger partial charge in [-0.2, -0.15) is 0 Å². The predicted molar refractivity (Wildman–Crippen MR) is 128 cm³/mol. The zero-order valence-electron chi connectivity index (χ0n) is 18.0. The van der Waals surface area contributed by atoms with Crippen molar-refractivity contribution in [2.24, 2.45) is 5.92 Å². The molecule has 4 heteroatoms. The molecule has 1 N–H and O–H groups in total. The van der Waals surface area contributed by atoms with Crippen molar-refractivity contribution in [3.05, 3.63) is 95.6 Å². The summed E-state index contributed by atoms with van der Waals surface area (Å²) in [4.78, 5) is 27.2. The van der Waals surface area contributed by atoms with Crippen molar-refractivity contribution in [2.45, 2.75) is 19.3 Å². The lowest BCUT2D eigenvalue weighted by Crippen LogP contribution is -2.40. The Morgan fingerprint density at radius 3 is 2.38 bits per heavy atom. The van der Waals surface area contributed by atoms with Crippen molar-refractivity contribution in [2.75, 3.05) is 18.4 Å². The number of carbonyl (C=O) groups is 2. The number of nitrogens with zero attached hydrogens (tertiary/aromatic N) is 1. The van der Waals surface area contributed by atoms with E-state index in [1.165, 1.54) is 22.3 Å². The highest BCUT2D eigenvalue weighted by Gasteiger charge is 2.27. The molecule has 3 aromatic rings. The van der Waals surface area contributed by atoms with Crippen LogP contribution in [-0.4, -0.2) is 29.8 Å². The Morgan fingerprint density at radius 2 is 1.56 bits per heavy atom. The molecular formula is C28H26N2O2. The molecule has 1 aliphatic heterocycles. The summed E-state index contributed by atoms with van der Waals surface area (Å²) in [6.07, 6.45) is 5.75. The zero-order valence-corrected chi connectivity index (χ0v) is 18.0. The molecule has 2 aliphatic rings. The maximum absolute atomic E-state index is 12.8. The second-order valence-electron chi connectivity index (χ2n) is 8.54. The first-order chi connectivity index (χ1) is 15.7. The summed E-state index contributed by atoms with van der Waals surface area (Å²) >= 11 is 0. The van der Waals surface area contributed by atoms with Crippen LogP contribution in [0.1, 0.15) is 29.5 Å². The van der Waals surface area contributed by atoms with Crippen LogP contribution in [-0.2, 0) is 16.0 Å². The average Bonchev–Trinajstić information content (AvgIpc) is 3.21. The summed E-state index contributed by atoms with van der Waals surface area (Å²) < 4.78 is 0. The van der Waals surface area contributed by atoms with Gasteiger partial charge >= 0.3 is 0 Å². The lowest BCUT2D eigenvalue weighted by molar-refractivity contribution is -0.130. The highest BCUT2D eigenvalue weighted by Crippen LogP contribution is 2.37. The van der Waals surface area contributed by atoms with Gasteiger partial charge in [0.25, 0.3) is 0 Å². The Bertz CT molecular complexity index is 1180. The fourth-order valence-corrected chi connectivity index (χ4v) is 4.67. The highest BCUT2D eigenvalue weighted by atomic mass is 16.2. The van der Waals surface area contributed by atoms with E-state index in [-0.39, 0.29) is 17.7 Å². The predicted octanol–water partition coefficient (Wildman–Crippen LogP) is 5.15. The summed E-state index contributed by atoms with van der Waals surface area (Å²) in [5, 5.41) is 3.10. The molecule has 1 saturated heterocycles. The molecule has 4 nitrogen and oxygen atoms in total. The molecule has 0 unspecified atom stereocenters. The minimum absolute atomic E-state index is 0.00546. The molecule has 32 heavy (non-hydrogen) atoms. The van der Waals surface area contributed by atoms with Crippen molar-refractivity contribution in [1.29, 1.82) is 0 Å². The van der Waals surface area contributed by atoms with E-state index in [4.69, 9.17) is 0 Å². The SMILES string of the molecule is O=C(Nc1ccc2c(c1)Cc1ccccc1-2)C1CCN(C(=O)/C=C/c2ccccc2)CC1. The third kappa shape index (κ3) is 4.22. The van der Waals surface area contributed by atoms with Crippen molar-refractivity contribution in [1.82, 2.24) is 4.90 Å². The third-order valence-electron chi connectivity index (χ3n) is 6.46. The number of nitrogens with one attached hydrogen (secondary N) is 1. The van der Waals surface area contributed by atoms with Crippen LogP contribution in [0.2, 0.25) is 0 Å². The van der Waals surface area contributed by atoms with Crippen molar-refractivity contribution < 1.29 is 9.59 Å². The first-order valence-electron chi connectivity index (χ1n) is 11.2. The smallest absolute Gasteiger partial charge is 0.246 e. The van der Waals surface area contributed by atoms with Gasteiger partial charge < -0.3 is 10.2 Å². The van der Waals surface area contributed by atoms with Gasteiger partial charge in [0.1, 0.15) is 0 Å². The molecule has 0 bridgehead atoms. The average molecular weight is 423 g/mol. The Labute approximate surface area is 188 Å². The van der Waals surface area contributed by atoms with Gasteiger partial charge in [-0.1, -0.05) is 60.7 Å².